The van der Waals surface area contributed by atoms with Crippen LogP contribution in [0.5, 0.6) is 5.75 Å². The van der Waals surface area contributed by atoms with Gasteiger partial charge in [-0.25, -0.2) is 0 Å². The number of benzene rings is 2. The van der Waals surface area contributed by atoms with Gasteiger partial charge in [-0.2, -0.15) is 0 Å². The highest BCUT2D eigenvalue weighted by Gasteiger charge is 2.16. The molecule has 0 unspecified atom stereocenters. The third-order valence-electron chi connectivity index (χ3n) is 4.35. The van der Waals surface area contributed by atoms with E-state index in [9.17, 15) is 4.79 Å². The number of nitrogens with one attached hydrogen (secondary N) is 1. The Labute approximate surface area is 163 Å². The molecule has 0 saturated heterocycles. The van der Waals surface area contributed by atoms with E-state index in [1.54, 1.807) is 13.2 Å². The van der Waals surface area contributed by atoms with Gasteiger partial charge in [0.2, 0.25) is 5.91 Å². The van der Waals surface area contributed by atoms with Gasteiger partial charge in [-0.15, -0.1) is 0 Å². The summed E-state index contributed by atoms with van der Waals surface area (Å²) in [5.41, 5.74) is 1.75. The molecular weight excluding hydrogens is 364 g/mol. The minimum atomic E-state index is -0.209. The molecule has 1 atom stereocenters. The Kier molecular flexibility index (Phi) is 6.04. The van der Waals surface area contributed by atoms with E-state index < -0.39 is 0 Å². The first kappa shape index (κ1) is 19.3. The fourth-order valence-corrected chi connectivity index (χ4v) is 3.23. The second kappa shape index (κ2) is 8.46. The molecule has 1 heterocycles. The summed E-state index contributed by atoms with van der Waals surface area (Å²) < 4.78 is 11.2. The Morgan fingerprint density at radius 2 is 2.04 bits per heavy atom. The minimum Gasteiger partial charge on any atom is -0.496 e. The number of methoxy groups -OCH3 is 1. The van der Waals surface area contributed by atoms with Crippen LogP contribution >= 0.6 is 11.6 Å². The SMILES string of the molecule is COc1ccc(Cl)cc1CN(C)CC(=O)N[C@@H](C)c1cc2ccccc2o1. The molecule has 0 bridgehead atoms. The quantitative estimate of drug-likeness (QED) is 0.653. The van der Waals surface area contributed by atoms with Gasteiger partial charge in [0.15, 0.2) is 0 Å². The van der Waals surface area contributed by atoms with E-state index in [4.69, 9.17) is 20.8 Å². The number of halogens is 1. The molecule has 0 radical (unpaired) electrons. The zero-order valence-electron chi connectivity index (χ0n) is 15.7. The van der Waals surface area contributed by atoms with Crippen LogP contribution in [0.15, 0.2) is 52.9 Å². The number of nitrogens with zero attached hydrogens (tertiary/aromatic N) is 1. The zero-order chi connectivity index (χ0) is 19.4. The summed E-state index contributed by atoms with van der Waals surface area (Å²) in [4.78, 5) is 14.3. The molecule has 5 nitrogen and oxygen atoms in total. The summed E-state index contributed by atoms with van der Waals surface area (Å²) in [6.45, 7) is 2.71. The fourth-order valence-electron chi connectivity index (χ4n) is 3.04. The third-order valence-corrected chi connectivity index (χ3v) is 4.58. The first-order valence-electron chi connectivity index (χ1n) is 8.75. The zero-order valence-corrected chi connectivity index (χ0v) is 16.4. The molecule has 0 spiro atoms. The predicted octanol–water partition coefficient (Wildman–Crippen LogP) is 4.40. The van der Waals surface area contributed by atoms with Gasteiger partial charge in [0, 0.05) is 22.5 Å². The number of hydrogen-bond donors (Lipinski definition) is 1. The number of para-hydroxylation sites is 1. The van der Waals surface area contributed by atoms with Crippen molar-refractivity contribution in [2.24, 2.45) is 0 Å². The van der Waals surface area contributed by atoms with E-state index in [1.807, 2.05) is 61.3 Å². The van der Waals surface area contributed by atoms with Crippen LogP contribution in [0.4, 0.5) is 0 Å². The van der Waals surface area contributed by atoms with Crippen LogP contribution in [0, 0.1) is 0 Å². The molecule has 1 N–H and O–H groups in total. The number of rotatable bonds is 7. The summed E-state index contributed by atoms with van der Waals surface area (Å²) in [5.74, 6) is 1.41. The van der Waals surface area contributed by atoms with Crippen LogP contribution in [-0.4, -0.2) is 31.5 Å². The van der Waals surface area contributed by atoms with Gasteiger partial charge in [0.05, 0.1) is 19.7 Å². The number of ether oxygens (including phenoxy) is 1. The van der Waals surface area contributed by atoms with E-state index >= 15 is 0 Å². The lowest BCUT2D eigenvalue weighted by atomic mass is 10.2. The molecule has 3 rings (SSSR count). The number of carbonyl (C=O) groups is 1. The van der Waals surface area contributed by atoms with E-state index in [1.165, 1.54) is 0 Å². The highest BCUT2D eigenvalue weighted by molar-refractivity contribution is 6.30. The Bertz CT molecular complexity index is 905. The summed E-state index contributed by atoms with van der Waals surface area (Å²) in [6, 6.07) is 15.0. The first-order valence-corrected chi connectivity index (χ1v) is 9.13. The second-order valence-corrected chi connectivity index (χ2v) is 7.04. The van der Waals surface area contributed by atoms with Crippen molar-refractivity contribution in [1.82, 2.24) is 10.2 Å². The number of amides is 1. The smallest absolute Gasteiger partial charge is 0.234 e. The van der Waals surface area contributed by atoms with Crippen LogP contribution < -0.4 is 10.1 Å². The van der Waals surface area contributed by atoms with Crippen molar-refractivity contribution in [3.8, 4) is 5.75 Å². The van der Waals surface area contributed by atoms with Crippen molar-refractivity contribution >= 4 is 28.5 Å². The molecule has 142 valence electrons. The van der Waals surface area contributed by atoms with Crippen LogP contribution in [0.1, 0.15) is 24.3 Å². The molecule has 1 amide bonds. The molecule has 0 fully saturated rings. The molecule has 0 saturated carbocycles. The van der Waals surface area contributed by atoms with Gasteiger partial charge < -0.3 is 14.5 Å². The fraction of sp³-hybridized carbons (Fsp3) is 0.286. The van der Waals surface area contributed by atoms with Crippen molar-refractivity contribution < 1.29 is 13.9 Å². The largest absolute Gasteiger partial charge is 0.496 e. The van der Waals surface area contributed by atoms with E-state index in [0.717, 1.165) is 28.0 Å². The number of likely N-dealkylation sites (N-methyl/N-ethyl adjacent to an activating group) is 1. The average Bonchev–Trinajstić information content (AvgIpc) is 3.06. The predicted molar refractivity (Wildman–Crippen MR) is 107 cm³/mol. The topological polar surface area (TPSA) is 54.7 Å². The van der Waals surface area contributed by atoms with Crippen molar-refractivity contribution in [3.05, 3.63) is 64.9 Å². The second-order valence-electron chi connectivity index (χ2n) is 6.60. The Hall–Kier alpha value is -2.50. The van der Waals surface area contributed by atoms with Gasteiger partial charge >= 0.3 is 0 Å². The van der Waals surface area contributed by atoms with Gasteiger partial charge in [-0.05, 0) is 44.3 Å². The molecule has 0 aliphatic rings. The lowest BCUT2D eigenvalue weighted by Crippen LogP contribution is -2.36. The molecule has 3 aromatic rings. The molecule has 2 aromatic carbocycles. The van der Waals surface area contributed by atoms with Crippen LogP contribution in [0.2, 0.25) is 5.02 Å². The maximum Gasteiger partial charge on any atom is 0.234 e. The van der Waals surface area contributed by atoms with Crippen molar-refractivity contribution in [1.29, 1.82) is 0 Å². The highest BCUT2D eigenvalue weighted by atomic mass is 35.5. The number of hydrogen-bond acceptors (Lipinski definition) is 4. The third kappa shape index (κ3) is 4.81. The number of furan rings is 1. The molecule has 1 aromatic heterocycles. The van der Waals surface area contributed by atoms with Crippen LogP contribution in [0.25, 0.3) is 11.0 Å². The highest BCUT2D eigenvalue weighted by Crippen LogP contribution is 2.25. The summed E-state index contributed by atoms with van der Waals surface area (Å²) in [7, 11) is 3.50. The lowest BCUT2D eigenvalue weighted by Gasteiger charge is -2.19. The first-order chi connectivity index (χ1) is 13.0. The normalized spacial score (nSPS) is 12.3. The Morgan fingerprint density at radius 1 is 1.26 bits per heavy atom. The standard InChI is InChI=1S/C21H23ClN2O3/c1-14(20-11-15-6-4-5-7-19(15)27-20)23-21(25)13-24(2)12-16-10-17(22)8-9-18(16)26-3/h4-11,14H,12-13H2,1-3H3,(H,23,25)/t14-/m0/s1. The Morgan fingerprint density at radius 3 is 2.78 bits per heavy atom. The Balaban J connectivity index is 1.59. The molecule has 27 heavy (non-hydrogen) atoms. The van der Waals surface area contributed by atoms with Gasteiger partial charge in [-0.3, -0.25) is 9.69 Å². The van der Waals surface area contributed by atoms with Crippen LogP contribution in [0.3, 0.4) is 0 Å². The van der Waals surface area contributed by atoms with Crippen molar-refractivity contribution in [2.75, 3.05) is 20.7 Å². The maximum atomic E-state index is 12.4. The molecular formula is C21H23ClN2O3. The van der Waals surface area contributed by atoms with Crippen molar-refractivity contribution in [3.63, 3.8) is 0 Å². The maximum absolute atomic E-state index is 12.4. The minimum absolute atomic E-state index is 0.0774. The lowest BCUT2D eigenvalue weighted by molar-refractivity contribution is -0.122. The summed E-state index contributed by atoms with van der Waals surface area (Å²) in [6.07, 6.45) is 0. The van der Waals surface area contributed by atoms with Gasteiger partial charge in [-0.1, -0.05) is 29.8 Å². The summed E-state index contributed by atoms with van der Waals surface area (Å²) >= 11 is 6.07. The number of carbonyl (C=O) groups excluding carboxylic acids is 1. The van der Waals surface area contributed by atoms with Crippen molar-refractivity contribution in [2.45, 2.75) is 19.5 Å². The van der Waals surface area contributed by atoms with E-state index in [-0.39, 0.29) is 18.5 Å². The summed E-state index contributed by atoms with van der Waals surface area (Å²) in [5, 5.41) is 4.65. The number of fused-ring (bicyclic) bond motifs is 1. The van der Waals surface area contributed by atoms with E-state index in [0.29, 0.717) is 11.6 Å². The van der Waals surface area contributed by atoms with Gasteiger partial charge in [0.25, 0.3) is 0 Å². The van der Waals surface area contributed by atoms with Crippen LogP contribution in [-0.2, 0) is 11.3 Å². The molecule has 0 aliphatic carbocycles. The molecule has 6 heteroatoms. The van der Waals surface area contributed by atoms with Gasteiger partial charge in [0.1, 0.15) is 17.1 Å². The van der Waals surface area contributed by atoms with E-state index in [2.05, 4.69) is 5.32 Å². The molecule has 0 aliphatic heterocycles. The monoisotopic (exact) mass is 386 g/mol. The average molecular weight is 387 g/mol.